The molecule has 0 radical (unpaired) electrons. The first-order valence-electron chi connectivity index (χ1n) is 6.83. The van der Waals surface area contributed by atoms with Crippen molar-refractivity contribution in [2.24, 2.45) is 0 Å². The smallest absolute Gasteiger partial charge is 0.235 e. The van der Waals surface area contributed by atoms with Gasteiger partial charge in [-0.3, -0.25) is 4.79 Å². The fourth-order valence-electron chi connectivity index (χ4n) is 2.39. The van der Waals surface area contributed by atoms with Gasteiger partial charge in [0, 0.05) is 10.0 Å². The maximum Gasteiger partial charge on any atom is 0.235 e. The summed E-state index contributed by atoms with van der Waals surface area (Å²) in [5.41, 5.74) is 0.341. The Kier molecular flexibility index (Phi) is 4.56. The van der Waals surface area contributed by atoms with E-state index in [0.29, 0.717) is 31.6 Å². The van der Waals surface area contributed by atoms with E-state index in [4.69, 9.17) is 13.9 Å². The summed E-state index contributed by atoms with van der Waals surface area (Å²) in [5.74, 6) is 0.609. The van der Waals surface area contributed by atoms with Crippen LogP contribution < -0.4 is 14.9 Å². The molecule has 0 unspecified atom stereocenters. The summed E-state index contributed by atoms with van der Waals surface area (Å²) in [6.45, 7) is 0. The zero-order chi connectivity index (χ0) is 17.4. The van der Waals surface area contributed by atoms with Gasteiger partial charge in [-0.15, -0.1) is 0 Å². The highest BCUT2D eigenvalue weighted by molar-refractivity contribution is 9.11. The van der Waals surface area contributed by atoms with Crippen LogP contribution in [0.1, 0.15) is 0 Å². The molecule has 0 aliphatic heterocycles. The molecule has 0 aliphatic carbocycles. The molecule has 3 rings (SSSR count). The highest BCUT2D eigenvalue weighted by Crippen LogP contribution is 2.38. The molecule has 0 saturated carbocycles. The summed E-state index contributed by atoms with van der Waals surface area (Å²) in [6, 6.07) is 8.35. The minimum Gasteiger partial charge on any atom is -0.502 e. The first-order chi connectivity index (χ1) is 11.5. The normalized spacial score (nSPS) is 10.8. The van der Waals surface area contributed by atoms with Crippen LogP contribution in [0.25, 0.3) is 22.3 Å². The van der Waals surface area contributed by atoms with Crippen molar-refractivity contribution >= 4 is 42.8 Å². The molecule has 24 heavy (non-hydrogen) atoms. The zero-order valence-electron chi connectivity index (χ0n) is 12.7. The van der Waals surface area contributed by atoms with Gasteiger partial charge in [-0.2, -0.15) is 0 Å². The molecule has 2 aromatic carbocycles. The standard InChI is InChI=1S/C17H12Br2O5/c1-22-12-4-3-8(5-13(12)23-2)16-15(21)14(20)10-6-9(18)7-11(19)17(10)24-16/h3-7,21H,1-2H3. The summed E-state index contributed by atoms with van der Waals surface area (Å²) in [4.78, 5) is 12.5. The van der Waals surface area contributed by atoms with Crippen molar-refractivity contribution in [1.82, 2.24) is 0 Å². The molecule has 0 spiro atoms. The fourth-order valence-corrected chi connectivity index (χ4v) is 3.69. The minimum absolute atomic E-state index is 0.0662. The number of halogens is 2. The average molecular weight is 456 g/mol. The van der Waals surface area contributed by atoms with Gasteiger partial charge in [-0.1, -0.05) is 15.9 Å². The lowest BCUT2D eigenvalue weighted by Gasteiger charge is -2.11. The van der Waals surface area contributed by atoms with Gasteiger partial charge in [0.05, 0.1) is 24.1 Å². The molecule has 0 fully saturated rings. The molecular formula is C17H12Br2O5. The summed E-state index contributed by atoms with van der Waals surface area (Å²) >= 11 is 6.69. The monoisotopic (exact) mass is 454 g/mol. The van der Waals surface area contributed by atoms with Crippen molar-refractivity contribution in [2.75, 3.05) is 14.2 Å². The highest BCUT2D eigenvalue weighted by atomic mass is 79.9. The molecule has 0 saturated heterocycles. The molecule has 1 heterocycles. The molecule has 3 aromatic rings. The third-order valence-electron chi connectivity index (χ3n) is 3.53. The van der Waals surface area contributed by atoms with E-state index in [1.807, 2.05) is 0 Å². The number of fused-ring (bicyclic) bond motifs is 1. The number of ether oxygens (including phenoxy) is 2. The Bertz CT molecular complexity index is 994. The third-order valence-corrected chi connectivity index (χ3v) is 4.58. The number of rotatable bonds is 3. The van der Waals surface area contributed by atoms with Crippen LogP contribution in [0.2, 0.25) is 0 Å². The number of hydrogen-bond donors (Lipinski definition) is 1. The topological polar surface area (TPSA) is 68.9 Å². The van der Waals surface area contributed by atoms with Crippen LogP contribution in [-0.2, 0) is 0 Å². The highest BCUT2D eigenvalue weighted by Gasteiger charge is 2.19. The summed E-state index contributed by atoms with van der Waals surface area (Å²) in [6.07, 6.45) is 0. The summed E-state index contributed by atoms with van der Waals surface area (Å²) < 4.78 is 17.6. The first-order valence-corrected chi connectivity index (χ1v) is 8.42. The van der Waals surface area contributed by atoms with Crippen molar-refractivity contribution in [3.63, 3.8) is 0 Å². The molecule has 1 N–H and O–H groups in total. The summed E-state index contributed by atoms with van der Waals surface area (Å²) in [7, 11) is 3.03. The van der Waals surface area contributed by atoms with E-state index >= 15 is 0 Å². The Balaban J connectivity index is 2.31. The lowest BCUT2D eigenvalue weighted by Crippen LogP contribution is -2.03. The van der Waals surface area contributed by atoms with E-state index in [9.17, 15) is 9.90 Å². The van der Waals surface area contributed by atoms with E-state index in [-0.39, 0.29) is 11.1 Å². The van der Waals surface area contributed by atoms with Crippen molar-refractivity contribution in [2.45, 2.75) is 0 Å². The van der Waals surface area contributed by atoms with Gasteiger partial charge in [0.15, 0.2) is 22.8 Å². The Hall–Kier alpha value is -1.99. The first kappa shape index (κ1) is 16.9. The SMILES string of the molecule is COc1ccc(-c2oc3c(Br)cc(Br)cc3c(=O)c2O)cc1OC. The molecule has 7 heteroatoms. The molecule has 0 aliphatic rings. The molecular weight excluding hydrogens is 444 g/mol. The van der Waals surface area contributed by atoms with Crippen LogP contribution in [-0.4, -0.2) is 19.3 Å². The minimum atomic E-state index is -0.511. The van der Waals surface area contributed by atoms with Crippen LogP contribution in [0.5, 0.6) is 17.2 Å². The number of benzene rings is 2. The second kappa shape index (κ2) is 6.49. The van der Waals surface area contributed by atoms with E-state index in [0.717, 1.165) is 0 Å². The van der Waals surface area contributed by atoms with Gasteiger partial charge in [-0.25, -0.2) is 0 Å². The predicted octanol–water partition coefficient (Wildman–Crippen LogP) is 4.71. The Labute approximate surface area is 154 Å². The Morgan fingerprint density at radius 1 is 1.04 bits per heavy atom. The van der Waals surface area contributed by atoms with Crippen LogP contribution in [0.4, 0.5) is 0 Å². The lowest BCUT2D eigenvalue weighted by molar-refractivity contribution is 0.355. The van der Waals surface area contributed by atoms with E-state index in [1.54, 1.807) is 30.3 Å². The molecule has 1 aromatic heterocycles. The molecule has 0 bridgehead atoms. The molecule has 0 amide bonds. The molecule has 5 nitrogen and oxygen atoms in total. The quantitative estimate of drug-likeness (QED) is 0.619. The van der Waals surface area contributed by atoms with Crippen LogP contribution in [0, 0.1) is 0 Å². The van der Waals surface area contributed by atoms with E-state index in [1.165, 1.54) is 14.2 Å². The Morgan fingerprint density at radius 3 is 2.42 bits per heavy atom. The van der Waals surface area contributed by atoms with Gasteiger partial charge in [-0.05, 0) is 46.3 Å². The maximum absolute atomic E-state index is 12.5. The number of aromatic hydroxyl groups is 1. The van der Waals surface area contributed by atoms with Gasteiger partial charge < -0.3 is 19.0 Å². The zero-order valence-corrected chi connectivity index (χ0v) is 15.9. The van der Waals surface area contributed by atoms with Crippen molar-refractivity contribution in [3.8, 4) is 28.6 Å². The second-order valence-electron chi connectivity index (χ2n) is 4.94. The van der Waals surface area contributed by atoms with Gasteiger partial charge in [0.25, 0.3) is 0 Å². The average Bonchev–Trinajstić information content (AvgIpc) is 2.58. The van der Waals surface area contributed by atoms with Crippen LogP contribution in [0.15, 0.2) is 48.5 Å². The van der Waals surface area contributed by atoms with Crippen LogP contribution in [0.3, 0.4) is 0 Å². The number of hydrogen-bond acceptors (Lipinski definition) is 5. The Morgan fingerprint density at radius 2 is 1.75 bits per heavy atom. The lowest BCUT2D eigenvalue weighted by atomic mass is 10.1. The largest absolute Gasteiger partial charge is 0.502 e. The number of methoxy groups -OCH3 is 2. The van der Waals surface area contributed by atoms with Crippen molar-refractivity contribution < 1.29 is 19.0 Å². The predicted molar refractivity (Wildman–Crippen MR) is 98.1 cm³/mol. The van der Waals surface area contributed by atoms with Gasteiger partial charge in [0.1, 0.15) is 0 Å². The molecule has 0 atom stereocenters. The van der Waals surface area contributed by atoms with Crippen LogP contribution >= 0.6 is 31.9 Å². The third kappa shape index (κ3) is 2.78. The summed E-state index contributed by atoms with van der Waals surface area (Å²) in [5, 5.41) is 10.6. The second-order valence-corrected chi connectivity index (χ2v) is 6.71. The maximum atomic E-state index is 12.5. The van der Waals surface area contributed by atoms with Gasteiger partial charge >= 0.3 is 0 Å². The van der Waals surface area contributed by atoms with E-state index < -0.39 is 11.2 Å². The van der Waals surface area contributed by atoms with Crippen molar-refractivity contribution in [3.05, 3.63) is 49.5 Å². The fraction of sp³-hybridized carbons (Fsp3) is 0.118. The van der Waals surface area contributed by atoms with E-state index in [2.05, 4.69) is 31.9 Å². The van der Waals surface area contributed by atoms with Gasteiger partial charge in [0.2, 0.25) is 11.2 Å². The van der Waals surface area contributed by atoms with Crippen molar-refractivity contribution in [1.29, 1.82) is 0 Å². The molecule has 124 valence electrons.